The van der Waals surface area contributed by atoms with Crippen LogP contribution in [0, 0.1) is 5.92 Å². The summed E-state index contributed by atoms with van der Waals surface area (Å²) in [7, 11) is 0. The molecule has 0 aromatic carbocycles. The molecule has 0 aliphatic heterocycles. The maximum Gasteiger partial charge on any atom is 0.143 e. The molecule has 0 amide bonds. The molecule has 0 saturated carbocycles. The number of Topliss-reactive ketones (excluding diaryl/α,β-unsaturated/α-hetero) is 1. The van der Waals surface area contributed by atoms with Gasteiger partial charge in [0.1, 0.15) is 12.1 Å². The van der Waals surface area contributed by atoms with E-state index >= 15 is 0 Å². The fourth-order valence-electron chi connectivity index (χ4n) is 3.95. The monoisotopic (exact) mass is 394 g/mol. The highest BCUT2D eigenvalue weighted by atomic mass is 16.1. The number of ketones is 1. The molecule has 28 heavy (non-hydrogen) atoms. The number of carbonyl (C=O) groups excluding carboxylic acids is 2. The second-order valence-corrected chi connectivity index (χ2v) is 8.76. The predicted octanol–water partition coefficient (Wildman–Crippen LogP) is 8.60. The minimum Gasteiger partial charge on any atom is -0.303 e. The van der Waals surface area contributed by atoms with Crippen molar-refractivity contribution in [3.05, 3.63) is 0 Å². The molecule has 0 radical (unpaired) electrons. The Bertz CT molecular complexity index is 337. The second kappa shape index (κ2) is 22.6. The summed E-state index contributed by atoms with van der Waals surface area (Å²) in [5, 5.41) is 0. The van der Waals surface area contributed by atoms with Crippen LogP contribution in [-0.2, 0) is 9.59 Å². The maximum absolute atomic E-state index is 12.2. The molecule has 0 aromatic heterocycles. The molecule has 0 aliphatic carbocycles. The van der Waals surface area contributed by atoms with Crippen molar-refractivity contribution >= 4 is 12.1 Å². The van der Waals surface area contributed by atoms with Gasteiger partial charge in [-0.05, 0) is 12.8 Å². The van der Waals surface area contributed by atoms with Crippen LogP contribution in [0.25, 0.3) is 0 Å². The van der Waals surface area contributed by atoms with Gasteiger partial charge >= 0.3 is 0 Å². The van der Waals surface area contributed by atoms with Gasteiger partial charge in [0.15, 0.2) is 0 Å². The number of aldehydes is 1. The summed E-state index contributed by atoms with van der Waals surface area (Å²) in [5.41, 5.74) is 0. The SMILES string of the molecule is CCCCCCCCCCCCCCCC(=O)C(C=O)CCCCCCCC. The number of unbranched alkanes of at least 4 members (excludes halogenated alkanes) is 17. The van der Waals surface area contributed by atoms with Gasteiger partial charge in [0.2, 0.25) is 0 Å². The quantitative estimate of drug-likeness (QED) is 0.0987. The molecule has 1 atom stereocenters. The minimum absolute atomic E-state index is 0.187. The van der Waals surface area contributed by atoms with Crippen LogP contribution in [0.3, 0.4) is 0 Å². The summed E-state index contributed by atoms with van der Waals surface area (Å²) >= 11 is 0. The molecule has 1 unspecified atom stereocenters. The van der Waals surface area contributed by atoms with Crippen LogP contribution in [0.5, 0.6) is 0 Å². The van der Waals surface area contributed by atoms with Gasteiger partial charge in [-0.3, -0.25) is 4.79 Å². The molecule has 0 heterocycles. The molecule has 0 fully saturated rings. The first kappa shape index (κ1) is 27.3. The van der Waals surface area contributed by atoms with Gasteiger partial charge < -0.3 is 4.79 Å². The van der Waals surface area contributed by atoms with E-state index in [0.29, 0.717) is 6.42 Å². The molecule has 0 saturated heterocycles. The highest BCUT2D eigenvalue weighted by molar-refractivity contribution is 5.93. The van der Waals surface area contributed by atoms with E-state index in [2.05, 4.69) is 13.8 Å². The molecule has 0 rings (SSSR count). The number of carbonyl (C=O) groups is 2. The molecule has 0 aliphatic rings. The Labute approximate surface area is 176 Å². The lowest BCUT2D eigenvalue weighted by Crippen LogP contribution is -2.15. The van der Waals surface area contributed by atoms with E-state index in [1.807, 2.05) is 0 Å². The van der Waals surface area contributed by atoms with Gasteiger partial charge in [0, 0.05) is 6.42 Å². The lowest BCUT2D eigenvalue weighted by atomic mass is 9.94. The first-order valence-electron chi connectivity index (χ1n) is 12.7. The van der Waals surface area contributed by atoms with Gasteiger partial charge in [-0.1, -0.05) is 129 Å². The van der Waals surface area contributed by atoms with Crippen LogP contribution in [-0.4, -0.2) is 12.1 Å². The molecule has 0 spiro atoms. The summed E-state index contributed by atoms with van der Waals surface area (Å²) < 4.78 is 0. The highest BCUT2D eigenvalue weighted by Crippen LogP contribution is 2.16. The van der Waals surface area contributed by atoms with Crippen molar-refractivity contribution in [3.8, 4) is 0 Å². The second-order valence-electron chi connectivity index (χ2n) is 8.76. The average Bonchev–Trinajstić information content (AvgIpc) is 2.70. The first-order valence-corrected chi connectivity index (χ1v) is 12.7. The molecule has 166 valence electrons. The van der Waals surface area contributed by atoms with Gasteiger partial charge in [-0.25, -0.2) is 0 Å². The third-order valence-corrected chi connectivity index (χ3v) is 5.97. The van der Waals surface area contributed by atoms with Crippen LogP contribution in [0.2, 0.25) is 0 Å². The third kappa shape index (κ3) is 18.7. The van der Waals surface area contributed by atoms with E-state index in [-0.39, 0.29) is 11.7 Å². The lowest BCUT2D eigenvalue weighted by molar-refractivity contribution is -0.127. The lowest BCUT2D eigenvalue weighted by Gasteiger charge is -2.09. The van der Waals surface area contributed by atoms with Crippen LogP contribution in [0.1, 0.15) is 149 Å². The first-order chi connectivity index (χ1) is 13.8. The molecule has 0 N–H and O–H groups in total. The Morgan fingerprint density at radius 3 is 1.32 bits per heavy atom. The zero-order valence-electron chi connectivity index (χ0n) is 19.3. The Kier molecular flexibility index (Phi) is 22.1. The summed E-state index contributed by atoms with van der Waals surface area (Å²) in [6, 6.07) is 0. The van der Waals surface area contributed by atoms with Gasteiger partial charge in [0.05, 0.1) is 5.92 Å². The zero-order valence-corrected chi connectivity index (χ0v) is 19.3. The Morgan fingerprint density at radius 2 is 0.929 bits per heavy atom. The minimum atomic E-state index is -0.330. The van der Waals surface area contributed by atoms with Crippen molar-refractivity contribution in [2.24, 2.45) is 5.92 Å². The number of rotatable bonds is 23. The highest BCUT2D eigenvalue weighted by Gasteiger charge is 2.16. The summed E-state index contributed by atoms with van der Waals surface area (Å²) in [6.45, 7) is 4.49. The van der Waals surface area contributed by atoms with Crippen molar-refractivity contribution in [2.75, 3.05) is 0 Å². The summed E-state index contributed by atoms with van der Waals surface area (Å²) in [5.74, 6) is -0.143. The molecule has 0 aromatic rings. The van der Waals surface area contributed by atoms with Gasteiger partial charge in [-0.2, -0.15) is 0 Å². The number of hydrogen-bond donors (Lipinski definition) is 0. The zero-order chi connectivity index (χ0) is 20.7. The standard InChI is InChI=1S/C26H50O2/c1-3-5-7-9-11-12-13-14-15-16-17-19-21-23-26(28)25(24-27)22-20-18-10-8-6-4-2/h24-25H,3-23H2,1-2H3. The van der Waals surface area contributed by atoms with E-state index in [0.717, 1.165) is 38.4 Å². The van der Waals surface area contributed by atoms with Crippen molar-refractivity contribution in [1.29, 1.82) is 0 Å². The molecule has 0 bridgehead atoms. The molecular formula is C26H50O2. The Hall–Kier alpha value is -0.660. The topological polar surface area (TPSA) is 34.1 Å². The van der Waals surface area contributed by atoms with E-state index in [1.54, 1.807) is 0 Å². The Balaban J connectivity index is 3.43. The van der Waals surface area contributed by atoms with E-state index in [1.165, 1.54) is 96.3 Å². The summed E-state index contributed by atoms with van der Waals surface area (Å²) in [6.07, 6.45) is 26.7. The largest absolute Gasteiger partial charge is 0.303 e. The molecular weight excluding hydrogens is 344 g/mol. The normalized spacial score (nSPS) is 12.2. The molecule has 2 heteroatoms. The van der Waals surface area contributed by atoms with Gasteiger partial charge in [-0.15, -0.1) is 0 Å². The van der Waals surface area contributed by atoms with Crippen LogP contribution in [0.4, 0.5) is 0 Å². The van der Waals surface area contributed by atoms with E-state index in [4.69, 9.17) is 0 Å². The van der Waals surface area contributed by atoms with E-state index in [9.17, 15) is 9.59 Å². The van der Waals surface area contributed by atoms with Crippen LogP contribution >= 0.6 is 0 Å². The number of hydrogen-bond acceptors (Lipinski definition) is 2. The smallest absolute Gasteiger partial charge is 0.143 e. The van der Waals surface area contributed by atoms with Crippen molar-refractivity contribution in [3.63, 3.8) is 0 Å². The van der Waals surface area contributed by atoms with Crippen molar-refractivity contribution in [1.82, 2.24) is 0 Å². The van der Waals surface area contributed by atoms with Crippen molar-refractivity contribution < 1.29 is 9.59 Å². The van der Waals surface area contributed by atoms with E-state index < -0.39 is 0 Å². The van der Waals surface area contributed by atoms with Crippen LogP contribution in [0.15, 0.2) is 0 Å². The van der Waals surface area contributed by atoms with Crippen LogP contribution < -0.4 is 0 Å². The maximum atomic E-state index is 12.2. The third-order valence-electron chi connectivity index (χ3n) is 5.97. The predicted molar refractivity (Wildman–Crippen MR) is 123 cm³/mol. The average molecular weight is 395 g/mol. The fraction of sp³-hybridized carbons (Fsp3) is 0.923. The molecule has 2 nitrogen and oxygen atoms in total. The van der Waals surface area contributed by atoms with Crippen molar-refractivity contribution in [2.45, 2.75) is 149 Å². The Morgan fingerprint density at radius 1 is 0.571 bits per heavy atom. The van der Waals surface area contributed by atoms with Gasteiger partial charge in [0.25, 0.3) is 0 Å². The fourth-order valence-corrected chi connectivity index (χ4v) is 3.95. The summed E-state index contributed by atoms with van der Waals surface area (Å²) in [4.78, 5) is 23.4.